The van der Waals surface area contributed by atoms with Gasteiger partial charge in [0.1, 0.15) is 17.0 Å². The van der Waals surface area contributed by atoms with Gasteiger partial charge in [0.05, 0.1) is 6.61 Å². The maximum atomic E-state index is 12.6. The highest BCUT2D eigenvalue weighted by Crippen LogP contribution is 2.40. The number of hydrogen-bond acceptors (Lipinski definition) is 4. The van der Waals surface area contributed by atoms with Gasteiger partial charge >= 0.3 is 0 Å². The lowest BCUT2D eigenvalue weighted by molar-refractivity contribution is 0.102. The number of rotatable bonds is 5. The summed E-state index contributed by atoms with van der Waals surface area (Å²) >= 11 is 0. The van der Waals surface area contributed by atoms with Gasteiger partial charge in [-0.1, -0.05) is 0 Å². The molecule has 2 N–H and O–H groups in total. The van der Waals surface area contributed by atoms with Gasteiger partial charge in [0.25, 0.3) is 5.91 Å². The Bertz CT molecular complexity index is 1150. The summed E-state index contributed by atoms with van der Waals surface area (Å²) in [5.41, 5.74) is 3.58. The van der Waals surface area contributed by atoms with E-state index in [9.17, 15) is 4.79 Å². The Hall–Kier alpha value is -3.28. The van der Waals surface area contributed by atoms with Crippen molar-refractivity contribution in [1.29, 1.82) is 0 Å². The summed E-state index contributed by atoms with van der Waals surface area (Å²) in [5, 5.41) is 3.88. The van der Waals surface area contributed by atoms with Crippen LogP contribution in [0.2, 0.25) is 0 Å². The molecule has 0 unspecified atom stereocenters. The van der Waals surface area contributed by atoms with Crippen LogP contribution in [-0.2, 0) is 0 Å². The second-order valence-corrected chi connectivity index (χ2v) is 6.83. The minimum Gasteiger partial charge on any atom is -0.494 e. The monoisotopic (exact) mass is 361 g/mol. The van der Waals surface area contributed by atoms with E-state index in [1.165, 1.54) is 0 Å². The lowest BCUT2D eigenvalue weighted by Crippen LogP contribution is -2.12. The molecular formula is C21H19N3O3. The van der Waals surface area contributed by atoms with Gasteiger partial charge in [-0.3, -0.25) is 4.79 Å². The lowest BCUT2D eigenvalue weighted by Gasteiger charge is -2.03. The lowest BCUT2D eigenvalue weighted by atomic mass is 10.2. The highest BCUT2D eigenvalue weighted by Gasteiger charge is 2.28. The van der Waals surface area contributed by atoms with Gasteiger partial charge in [0, 0.05) is 28.6 Å². The van der Waals surface area contributed by atoms with Crippen LogP contribution in [0, 0.1) is 0 Å². The van der Waals surface area contributed by atoms with Gasteiger partial charge in [-0.05, 0) is 56.2 Å². The number of oxazole rings is 1. The molecule has 1 saturated carbocycles. The number of aromatic nitrogens is 2. The molecule has 0 aliphatic heterocycles. The Morgan fingerprint density at radius 1 is 1.26 bits per heavy atom. The number of carbonyl (C=O) groups excluding carboxylic acids is 1. The molecule has 4 aromatic rings. The Balaban J connectivity index is 1.39. The average molecular weight is 361 g/mol. The summed E-state index contributed by atoms with van der Waals surface area (Å²) in [4.78, 5) is 20.3. The summed E-state index contributed by atoms with van der Waals surface area (Å²) in [5.74, 6) is 1.84. The molecule has 0 saturated heterocycles. The number of carbonyl (C=O) groups is 1. The Labute approximate surface area is 155 Å². The Morgan fingerprint density at radius 2 is 2.15 bits per heavy atom. The van der Waals surface area contributed by atoms with E-state index >= 15 is 0 Å². The van der Waals surface area contributed by atoms with E-state index in [4.69, 9.17) is 9.15 Å². The molecule has 1 aliphatic carbocycles. The van der Waals surface area contributed by atoms with Crippen LogP contribution in [0.3, 0.4) is 0 Å². The van der Waals surface area contributed by atoms with E-state index in [0.717, 1.165) is 46.5 Å². The largest absolute Gasteiger partial charge is 0.494 e. The number of amides is 1. The molecule has 5 rings (SSSR count). The molecule has 1 fully saturated rings. The van der Waals surface area contributed by atoms with Crippen LogP contribution in [0.5, 0.6) is 5.75 Å². The summed E-state index contributed by atoms with van der Waals surface area (Å²) in [6, 6.07) is 13.1. The van der Waals surface area contributed by atoms with E-state index in [1.54, 1.807) is 0 Å². The third-order valence-electron chi connectivity index (χ3n) is 4.74. The minimum atomic E-state index is -0.200. The molecule has 1 aliphatic rings. The van der Waals surface area contributed by atoms with Crippen molar-refractivity contribution in [2.45, 2.75) is 25.7 Å². The summed E-state index contributed by atoms with van der Waals surface area (Å²) < 4.78 is 11.3. The van der Waals surface area contributed by atoms with Crippen molar-refractivity contribution in [1.82, 2.24) is 9.97 Å². The van der Waals surface area contributed by atoms with Crippen molar-refractivity contribution >= 4 is 33.6 Å². The number of anilines is 1. The second kappa shape index (κ2) is 6.16. The summed E-state index contributed by atoms with van der Waals surface area (Å²) in [6.07, 6.45) is 2.28. The summed E-state index contributed by atoms with van der Waals surface area (Å²) in [6.45, 7) is 2.55. The molecule has 6 nitrogen and oxygen atoms in total. The van der Waals surface area contributed by atoms with Crippen molar-refractivity contribution in [3.05, 3.63) is 54.0 Å². The molecular weight excluding hydrogens is 342 g/mol. The zero-order valence-corrected chi connectivity index (χ0v) is 14.9. The third-order valence-corrected chi connectivity index (χ3v) is 4.74. The van der Waals surface area contributed by atoms with E-state index < -0.39 is 0 Å². The van der Waals surface area contributed by atoms with Crippen LogP contribution in [0.25, 0.3) is 22.0 Å². The van der Waals surface area contributed by atoms with E-state index in [2.05, 4.69) is 15.3 Å². The van der Waals surface area contributed by atoms with Crippen LogP contribution >= 0.6 is 0 Å². The number of hydrogen-bond donors (Lipinski definition) is 2. The van der Waals surface area contributed by atoms with Crippen molar-refractivity contribution < 1.29 is 13.9 Å². The second-order valence-electron chi connectivity index (χ2n) is 6.83. The first-order valence-corrected chi connectivity index (χ1v) is 9.17. The Kier molecular flexibility index (Phi) is 3.63. The van der Waals surface area contributed by atoms with Crippen molar-refractivity contribution in [3.63, 3.8) is 0 Å². The van der Waals surface area contributed by atoms with Gasteiger partial charge in [-0.2, -0.15) is 0 Å². The number of fused-ring (bicyclic) bond motifs is 2. The highest BCUT2D eigenvalue weighted by molar-refractivity contribution is 6.06. The van der Waals surface area contributed by atoms with Crippen LogP contribution in [-0.4, -0.2) is 22.5 Å². The van der Waals surface area contributed by atoms with Crippen LogP contribution in [0.15, 0.2) is 46.9 Å². The molecule has 0 radical (unpaired) electrons. The first kappa shape index (κ1) is 15.9. The van der Waals surface area contributed by atoms with E-state index in [0.29, 0.717) is 23.9 Å². The quantitative estimate of drug-likeness (QED) is 0.533. The average Bonchev–Trinajstić information content (AvgIpc) is 3.28. The van der Waals surface area contributed by atoms with Gasteiger partial charge in [0.15, 0.2) is 11.5 Å². The van der Waals surface area contributed by atoms with Gasteiger partial charge in [0.2, 0.25) is 0 Å². The van der Waals surface area contributed by atoms with Gasteiger partial charge in [-0.25, -0.2) is 4.98 Å². The maximum Gasteiger partial charge on any atom is 0.272 e. The van der Waals surface area contributed by atoms with Crippen LogP contribution < -0.4 is 10.1 Å². The molecule has 6 heteroatoms. The topological polar surface area (TPSA) is 80.2 Å². The molecule has 1 amide bonds. The zero-order chi connectivity index (χ0) is 18.4. The molecule has 0 bridgehead atoms. The predicted molar refractivity (Wildman–Crippen MR) is 103 cm³/mol. The van der Waals surface area contributed by atoms with E-state index in [-0.39, 0.29) is 5.91 Å². The zero-order valence-electron chi connectivity index (χ0n) is 14.9. The number of nitrogens with zero attached hydrogens (tertiary/aromatic N) is 1. The fraction of sp³-hybridized carbons (Fsp3) is 0.238. The van der Waals surface area contributed by atoms with Gasteiger partial charge < -0.3 is 19.5 Å². The Morgan fingerprint density at radius 3 is 2.96 bits per heavy atom. The van der Waals surface area contributed by atoms with Crippen molar-refractivity contribution in [2.75, 3.05) is 11.9 Å². The fourth-order valence-corrected chi connectivity index (χ4v) is 3.21. The standard InChI is InChI=1S/C21H19N3O3/c1-2-26-15-7-5-13-9-18(23-16(13)11-15)20(25)22-14-6-8-19-17(10-14)24-21(27-19)12-3-4-12/h5-12,23H,2-4H2,1H3,(H,22,25). The normalized spacial score (nSPS) is 14.0. The third kappa shape index (κ3) is 3.03. The summed E-state index contributed by atoms with van der Waals surface area (Å²) in [7, 11) is 0. The van der Waals surface area contributed by atoms with Crippen molar-refractivity contribution in [2.24, 2.45) is 0 Å². The highest BCUT2D eigenvalue weighted by atomic mass is 16.5. The SMILES string of the molecule is CCOc1ccc2cc(C(=O)Nc3ccc4oc(C5CC5)nc4c3)[nH]c2c1. The number of nitrogens with one attached hydrogen (secondary N) is 2. The molecule has 0 atom stereocenters. The number of benzene rings is 2. The number of H-pyrrole nitrogens is 1. The van der Waals surface area contributed by atoms with Crippen molar-refractivity contribution in [3.8, 4) is 5.75 Å². The minimum absolute atomic E-state index is 0.200. The first-order valence-electron chi connectivity index (χ1n) is 9.17. The fourth-order valence-electron chi connectivity index (χ4n) is 3.21. The van der Waals surface area contributed by atoms with Crippen LogP contribution in [0.4, 0.5) is 5.69 Å². The smallest absolute Gasteiger partial charge is 0.272 e. The molecule has 2 heterocycles. The molecule has 136 valence electrons. The number of ether oxygens (including phenoxy) is 1. The number of aromatic amines is 1. The molecule has 2 aromatic carbocycles. The van der Waals surface area contributed by atoms with E-state index in [1.807, 2.05) is 49.4 Å². The van der Waals surface area contributed by atoms with Crippen LogP contribution in [0.1, 0.15) is 42.1 Å². The first-order chi connectivity index (χ1) is 13.2. The molecule has 2 aromatic heterocycles. The molecule has 0 spiro atoms. The maximum absolute atomic E-state index is 12.6. The molecule has 27 heavy (non-hydrogen) atoms. The van der Waals surface area contributed by atoms with Gasteiger partial charge in [-0.15, -0.1) is 0 Å². The predicted octanol–water partition coefficient (Wildman–Crippen LogP) is 4.84.